The molecule has 2 heterocycles. The van der Waals surface area contributed by atoms with Crippen LogP contribution in [0.25, 0.3) is 11.3 Å². The van der Waals surface area contributed by atoms with Crippen molar-refractivity contribution in [3.63, 3.8) is 0 Å². The van der Waals surface area contributed by atoms with E-state index in [1.165, 1.54) is 11.3 Å². The lowest BCUT2D eigenvalue weighted by Crippen LogP contribution is -2.10. The molecule has 1 N–H and O–H groups in total. The average molecular weight is 312 g/mol. The largest absolute Gasteiger partial charge is 0.456 e. The zero-order chi connectivity index (χ0) is 15.5. The normalized spacial score (nSPS) is 10.6. The van der Waals surface area contributed by atoms with Gasteiger partial charge in [-0.2, -0.15) is 0 Å². The third-order valence-corrected chi connectivity index (χ3v) is 4.37. The number of aryl methyl sites for hydroxylation is 2. The average Bonchev–Trinajstić information content (AvgIpc) is 3.14. The molecule has 0 aliphatic rings. The van der Waals surface area contributed by atoms with Crippen LogP contribution in [-0.4, -0.2) is 10.9 Å². The molecular weight excluding hydrogens is 296 g/mol. The molecule has 4 nitrogen and oxygen atoms in total. The molecule has 0 saturated heterocycles. The number of amides is 1. The number of thiazole rings is 1. The highest BCUT2D eigenvalue weighted by Gasteiger charge is 2.16. The molecule has 0 bridgehead atoms. The van der Waals surface area contributed by atoms with Gasteiger partial charge in [-0.25, -0.2) is 4.98 Å². The second-order valence-electron chi connectivity index (χ2n) is 4.87. The summed E-state index contributed by atoms with van der Waals surface area (Å²) in [7, 11) is 0. The Kier molecular flexibility index (Phi) is 4.06. The Bertz CT molecular complexity index is 790. The zero-order valence-corrected chi connectivity index (χ0v) is 13.2. The summed E-state index contributed by atoms with van der Waals surface area (Å²) in [5.74, 6) is 0.736. The first-order valence-electron chi connectivity index (χ1n) is 7.10. The summed E-state index contributed by atoms with van der Waals surface area (Å²) in [4.78, 5) is 17.9. The van der Waals surface area contributed by atoms with Gasteiger partial charge in [0.1, 0.15) is 5.76 Å². The monoisotopic (exact) mass is 312 g/mol. The first-order valence-corrected chi connectivity index (χ1v) is 7.92. The van der Waals surface area contributed by atoms with Crippen LogP contribution in [0.3, 0.4) is 0 Å². The van der Waals surface area contributed by atoms with Gasteiger partial charge in [-0.05, 0) is 25.5 Å². The second-order valence-corrected chi connectivity index (χ2v) is 5.96. The van der Waals surface area contributed by atoms with Crippen molar-refractivity contribution in [1.82, 2.24) is 4.98 Å². The first kappa shape index (κ1) is 14.5. The summed E-state index contributed by atoms with van der Waals surface area (Å²) in [5.41, 5.74) is 1.99. The van der Waals surface area contributed by atoms with Crippen molar-refractivity contribution in [3.8, 4) is 11.3 Å². The predicted molar refractivity (Wildman–Crippen MR) is 88.3 cm³/mol. The number of rotatable bonds is 4. The molecule has 0 aliphatic heterocycles. The smallest absolute Gasteiger partial charge is 0.293 e. The van der Waals surface area contributed by atoms with E-state index >= 15 is 0 Å². The molecule has 5 heteroatoms. The van der Waals surface area contributed by atoms with Crippen molar-refractivity contribution >= 4 is 22.4 Å². The minimum Gasteiger partial charge on any atom is -0.456 e. The van der Waals surface area contributed by atoms with E-state index in [0.717, 1.165) is 22.6 Å². The fourth-order valence-electron chi connectivity index (χ4n) is 2.18. The highest BCUT2D eigenvalue weighted by Crippen LogP contribution is 2.31. The van der Waals surface area contributed by atoms with E-state index in [1.54, 1.807) is 12.1 Å². The SMILES string of the molecule is CCc1sc(NC(=O)c2ccc(C)o2)nc1-c1ccccc1. The van der Waals surface area contributed by atoms with Crippen molar-refractivity contribution in [2.24, 2.45) is 0 Å². The van der Waals surface area contributed by atoms with Gasteiger partial charge in [0.05, 0.1) is 5.69 Å². The Morgan fingerprint density at radius 2 is 2.00 bits per heavy atom. The topological polar surface area (TPSA) is 55.1 Å². The van der Waals surface area contributed by atoms with Crippen LogP contribution < -0.4 is 5.32 Å². The lowest BCUT2D eigenvalue weighted by Gasteiger charge is -1.99. The highest BCUT2D eigenvalue weighted by molar-refractivity contribution is 7.16. The number of hydrogen-bond acceptors (Lipinski definition) is 4. The van der Waals surface area contributed by atoms with Gasteiger partial charge < -0.3 is 4.42 Å². The van der Waals surface area contributed by atoms with Crippen LogP contribution in [0.4, 0.5) is 5.13 Å². The predicted octanol–water partition coefficient (Wildman–Crippen LogP) is 4.53. The van der Waals surface area contributed by atoms with E-state index in [-0.39, 0.29) is 5.91 Å². The fraction of sp³-hybridized carbons (Fsp3) is 0.176. The summed E-state index contributed by atoms with van der Waals surface area (Å²) in [6.07, 6.45) is 0.873. The van der Waals surface area contributed by atoms with Gasteiger partial charge in [0.15, 0.2) is 10.9 Å². The van der Waals surface area contributed by atoms with Crippen LogP contribution in [-0.2, 0) is 6.42 Å². The Hall–Kier alpha value is -2.40. The number of carbonyl (C=O) groups excluding carboxylic acids is 1. The number of nitrogens with zero attached hydrogens (tertiary/aromatic N) is 1. The minimum absolute atomic E-state index is 0.274. The van der Waals surface area contributed by atoms with Gasteiger partial charge in [0.2, 0.25) is 0 Å². The number of nitrogens with one attached hydrogen (secondary N) is 1. The molecule has 0 atom stereocenters. The maximum atomic E-state index is 12.1. The van der Waals surface area contributed by atoms with Gasteiger partial charge in [-0.3, -0.25) is 10.1 Å². The molecule has 22 heavy (non-hydrogen) atoms. The number of aromatic nitrogens is 1. The third kappa shape index (κ3) is 2.94. The van der Waals surface area contributed by atoms with E-state index in [1.807, 2.05) is 37.3 Å². The molecule has 2 aromatic heterocycles. The van der Waals surface area contributed by atoms with E-state index in [9.17, 15) is 4.79 Å². The van der Waals surface area contributed by atoms with Crippen molar-refractivity contribution in [2.45, 2.75) is 20.3 Å². The van der Waals surface area contributed by atoms with Gasteiger partial charge in [0, 0.05) is 10.4 Å². The van der Waals surface area contributed by atoms with Crippen LogP contribution in [0.1, 0.15) is 28.1 Å². The van der Waals surface area contributed by atoms with Gasteiger partial charge in [-0.1, -0.05) is 37.3 Å². The Morgan fingerprint density at radius 1 is 1.23 bits per heavy atom. The number of carbonyl (C=O) groups is 1. The van der Waals surface area contributed by atoms with E-state index in [4.69, 9.17) is 4.42 Å². The molecule has 0 unspecified atom stereocenters. The van der Waals surface area contributed by atoms with Crippen molar-refractivity contribution < 1.29 is 9.21 Å². The van der Waals surface area contributed by atoms with Gasteiger partial charge in [0.25, 0.3) is 5.91 Å². The molecular formula is C17H16N2O2S. The Morgan fingerprint density at radius 3 is 2.64 bits per heavy atom. The standard InChI is InChI=1S/C17H16N2O2S/c1-3-14-15(12-7-5-4-6-8-12)18-17(22-14)19-16(20)13-10-9-11(2)21-13/h4-10H,3H2,1-2H3,(H,18,19,20). The van der Waals surface area contributed by atoms with E-state index in [2.05, 4.69) is 17.2 Å². The van der Waals surface area contributed by atoms with Crippen LogP contribution >= 0.6 is 11.3 Å². The van der Waals surface area contributed by atoms with E-state index in [0.29, 0.717) is 16.7 Å². The number of anilines is 1. The molecule has 3 rings (SSSR count). The van der Waals surface area contributed by atoms with E-state index < -0.39 is 0 Å². The van der Waals surface area contributed by atoms with Crippen molar-refractivity contribution in [3.05, 3.63) is 58.9 Å². The fourth-order valence-corrected chi connectivity index (χ4v) is 3.10. The molecule has 0 radical (unpaired) electrons. The number of furan rings is 1. The summed E-state index contributed by atoms with van der Waals surface area (Å²) in [6, 6.07) is 13.4. The van der Waals surface area contributed by atoms with Crippen LogP contribution in [0.15, 0.2) is 46.9 Å². The molecule has 112 valence electrons. The Balaban J connectivity index is 1.86. The molecule has 0 spiro atoms. The molecule has 1 amide bonds. The zero-order valence-electron chi connectivity index (χ0n) is 12.4. The molecule has 3 aromatic rings. The van der Waals surface area contributed by atoms with Crippen LogP contribution in [0, 0.1) is 6.92 Å². The summed E-state index contributed by atoms with van der Waals surface area (Å²) in [5, 5.41) is 3.40. The maximum absolute atomic E-state index is 12.1. The maximum Gasteiger partial charge on any atom is 0.293 e. The quantitative estimate of drug-likeness (QED) is 0.770. The number of benzene rings is 1. The first-order chi connectivity index (χ1) is 10.7. The van der Waals surface area contributed by atoms with Gasteiger partial charge >= 0.3 is 0 Å². The summed E-state index contributed by atoms with van der Waals surface area (Å²) >= 11 is 1.50. The van der Waals surface area contributed by atoms with Crippen LogP contribution in [0.5, 0.6) is 0 Å². The lowest BCUT2D eigenvalue weighted by atomic mass is 10.1. The molecule has 0 fully saturated rings. The highest BCUT2D eigenvalue weighted by atomic mass is 32.1. The number of hydrogen-bond donors (Lipinski definition) is 1. The van der Waals surface area contributed by atoms with Crippen molar-refractivity contribution in [2.75, 3.05) is 5.32 Å². The summed E-state index contributed by atoms with van der Waals surface area (Å²) in [6.45, 7) is 3.89. The minimum atomic E-state index is -0.274. The lowest BCUT2D eigenvalue weighted by molar-refractivity contribution is 0.0995. The second kappa shape index (κ2) is 6.15. The van der Waals surface area contributed by atoms with Crippen molar-refractivity contribution in [1.29, 1.82) is 0 Å². The Labute approximate surface area is 132 Å². The third-order valence-electron chi connectivity index (χ3n) is 3.25. The molecule has 0 saturated carbocycles. The van der Waals surface area contributed by atoms with Gasteiger partial charge in [-0.15, -0.1) is 11.3 Å². The summed E-state index contributed by atoms with van der Waals surface area (Å²) < 4.78 is 5.33. The van der Waals surface area contributed by atoms with Crippen LogP contribution in [0.2, 0.25) is 0 Å². The molecule has 1 aromatic carbocycles. The molecule has 0 aliphatic carbocycles.